The zero-order valence-corrected chi connectivity index (χ0v) is 24.1. The molecule has 0 spiro atoms. The van der Waals surface area contributed by atoms with Crippen molar-refractivity contribution in [3.05, 3.63) is 95.7 Å². The number of phenols is 2. The standard InChI is InChI=1S/C32H35N5O8/c33-24(15-20-16-34-25-4-2-1-3-23(20)25)29(41)37-28(17-38)31(43)35-26(13-18-5-9-21(39)10-6-18)30(42)36-27(32(44)45)14-19-7-11-22(40)12-8-19/h1-12,16,24,26-28,34,38-40H,13-15,17,33H2,(H,35,43)(H,36,42)(H,37,41)(H,44,45). The Bertz CT molecular complexity index is 1640. The summed E-state index contributed by atoms with van der Waals surface area (Å²) in [6.07, 6.45) is 1.69. The number of hydrogen-bond acceptors (Lipinski definition) is 8. The Morgan fingerprint density at radius 1 is 0.689 bits per heavy atom. The van der Waals surface area contributed by atoms with Gasteiger partial charge in [-0.3, -0.25) is 14.4 Å². The number of rotatable bonds is 14. The van der Waals surface area contributed by atoms with Gasteiger partial charge in [-0.15, -0.1) is 0 Å². The molecule has 13 heteroatoms. The molecule has 10 N–H and O–H groups in total. The highest BCUT2D eigenvalue weighted by molar-refractivity contribution is 5.94. The number of phenolic OH excluding ortho intramolecular Hbond substituents is 2. The summed E-state index contributed by atoms with van der Waals surface area (Å²) in [7, 11) is 0. The molecule has 1 aromatic heterocycles. The molecule has 0 radical (unpaired) electrons. The lowest BCUT2D eigenvalue weighted by atomic mass is 10.0. The quantitative estimate of drug-likeness (QED) is 0.0956. The Labute approximate surface area is 258 Å². The number of aliphatic hydroxyl groups is 1. The second-order valence-electron chi connectivity index (χ2n) is 10.6. The van der Waals surface area contributed by atoms with Crippen LogP contribution in [0, 0.1) is 0 Å². The Kier molecular flexibility index (Phi) is 10.7. The van der Waals surface area contributed by atoms with E-state index in [0.29, 0.717) is 11.1 Å². The van der Waals surface area contributed by atoms with Crippen LogP contribution < -0.4 is 21.7 Å². The highest BCUT2D eigenvalue weighted by Gasteiger charge is 2.30. The maximum Gasteiger partial charge on any atom is 0.326 e. The number of hydrogen-bond donors (Lipinski definition) is 9. The van der Waals surface area contributed by atoms with Crippen LogP contribution in [0.3, 0.4) is 0 Å². The summed E-state index contributed by atoms with van der Waals surface area (Å²) in [5.41, 5.74) is 8.86. The van der Waals surface area contributed by atoms with E-state index in [1.54, 1.807) is 6.20 Å². The van der Waals surface area contributed by atoms with Gasteiger partial charge in [0.2, 0.25) is 17.7 Å². The molecule has 45 heavy (non-hydrogen) atoms. The van der Waals surface area contributed by atoms with Crippen molar-refractivity contribution in [2.24, 2.45) is 5.73 Å². The average molecular weight is 618 g/mol. The number of H-pyrrole nitrogens is 1. The average Bonchev–Trinajstić information content (AvgIpc) is 3.43. The van der Waals surface area contributed by atoms with E-state index in [-0.39, 0.29) is 30.8 Å². The first-order chi connectivity index (χ1) is 21.5. The van der Waals surface area contributed by atoms with Crippen molar-refractivity contribution >= 4 is 34.6 Å². The predicted molar refractivity (Wildman–Crippen MR) is 164 cm³/mol. The number of aromatic nitrogens is 1. The van der Waals surface area contributed by atoms with Gasteiger partial charge < -0.3 is 47.1 Å². The first-order valence-electron chi connectivity index (χ1n) is 14.1. The number of benzene rings is 3. The van der Waals surface area contributed by atoms with Crippen LogP contribution in [0.2, 0.25) is 0 Å². The monoisotopic (exact) mass is 617 g/mol. The highest BCUT2D eigenvalue weighted by Crippen LogP contribution is 2.19. The van der Waals surface area contributed by atoms with E-state index in [1.165, 1.54) is 48.5 Å². The number of carbonyl (C=O) groups is 4. The lowest BCUT2D eigenvalue weighted by Crippen LogP contribution is -2.58. The molecule has 4 unspecified atom stereocenters. The van der Waals surface area contributed by atoms with E-state index in [1.807, 2.05) is 24.3 Å². The van der Waals surface area contributed by atoms with Crippen LogP contribution in [0.1, 0.15) is 16.7 Å². The summed E-state index contributed by atoms with van der Waals surface area (Å²) in [4.78, 5) is 54.6. The molecule has 4 atom stereocenters. The Hall–Kier alpha value is -5.40. The molecule has 0 aliphatic rings. The van der Waals surface area contributed by atoms with Crippen LogP contribution in [-0.2, 0) is 38.4 Å². The number of aliphatic hydroxyl groups excluding tert-OH is 1. The van der Waals surface area contributed by atoms with Gasteiger partial charge in [0.1, 0.15) is 29.6 Å². The smallest absolute Gasteiger partial charge is 0.326 e. The number of carboxylic acid groups (broad SMARTS) is 1. The number of nitrogens with one attached hydrogen (secondary N) is 4. The summed E-state index contributed by atoms with van der Waals surface area (Å²) in [5.74, 6) is -3.77. The predicted octanol–water partition coefficient (Wildman–Crippen LogP) is 0.466. The zero-order chi connectivity index (χ0) is 32.5. The topological polar surface area (TPSA) is 227 Å². The third-order valence-corrected chi connectivity index (χ3v) is 7.27. The van der Waals surface area contributed by atoms with Gasteiger partial charge in [0, 0.05) is 29.9 Å². The minimum absolute atomic E-state index is 0.00390. The second-order valence-corrected chi connectivity index (χ2v) is 10.6. The number of nitrogens with two attached hydrogens (primary N) is 1. The largest absolute Gasteiger partial charge is 0.508 e. The van der Waals surface area contributed by atoms with Crippen molar-refractivity contribution < 1.29 is 39.6 Å². The second kappa shape index (κ2) is 14.9. The van der Waals surface area contributed by atoms with Gasteiger partial charge in [0.05, 0.1) is 12.6 Å². The maximum atomic E-state index is 13.4. The molecule has 3 aromatic carbocycles. The van der Waals surface area contributed by atoms with Gasteiger partial charge in [-0.25, -0.2) is 4.79 Å². The number of amides is 3. The van der Waals surface area contributed by atoms with Gasteiger partial charge in [-0.05, 0) is 53.4 Å². The molecule has 0 aliphatic carbocycles. The molecule has 4 rings (SSSR count). The minimum atomic E-state index is -1.46. The molecule has 0 aliphatic heterocycles. The van der Waals surface area contributed by atoms with Crippen LogP contribution in [0.15, 0.2) is 79.0 Å². The zero-order valence-electron chi connectivity index (χ0n) is 24.1. The van der Waals surface area contributed by atoms with E-state index in [0.717, 1.165) is 16.5 Å². The number of carbonyl (C=O) groups excluding carboxylic acids is 3. The number of carboxylic acids is 1. The van der Waals surface area contributed by atoms with Crippen molar-refractivity contribution in [2.75, 3.05) is 6.61 Å². The Balaban J connectivity index is 1.45. The third kappa shape index (κ3) is 8.81. The molecule has 0 saturated carbocycles. The molecule has 0 bridgehead atoms. The van der Waals surface area contributed by atoms with E-state index in [2.05, 4.69) is 20.9 Å². The van der Waals surface area contributed by atoms with Gasteiger partial charge in [-0.1, -0.05) is 42.5 Å². The summed E-state index contributed by atoms with van der Waals surface area (Å²) in [6.45, 7) is -0.802. The lowest BCUT2D eigenvalue weighted by Gasteiger charge is -2.24. The summed E-state index contributed by atoms with van der Waals surface area (Å²) >= 11 is 0. The number of aromatic hydroxyl groups is 2. The molecule has 13 nitrogen and oxygen atoms in total. The molecule has 1 heterocycles. The van der Waals surface area contributed by atoms with Crippen molar-refractivity contribution in [3.63, 3.8) is 0 Å². The molecular formula is C32H35N5O8. The summed E-state index contributed by atoms with van der Waals surface area (Å²) in [5, 5.41) is 47.1. The van der Waals surface area contributed by atoms with Crippen LogP contribution in [0.4, 0.5) is 0 Å². The summed E-state index contributed by atoms with van der Waals surface area (Å²) in [6, 6.07) is 13.9. The Morgan fingerprint density at radius 2 is 1.20 bits per heavy atom. The Morgan fingerprint density at radius 3 is 1.78 bits per heavy atom. The van der Waals surface area contributed by atoms with Crippen LogP contribution >= 0.6 is 0 Å². The molecule has 236 valence electrons. The number of aromatic amines is 1. The molecule has 0 fully saturated rings. The molecular weight excluding hydrogens is 582 g/mol. The van der Waals surface area contributed by atoms with Gasteiger partial charge in [-0.2, -0.15) is 0 Å². The van der Waals surface area contributed by atoms with E-state index >= 15 is 0 Å². The van der Waals surface area contributed by atoms with Gasteiger partial charge in [0.15, 0.2) is 0 Å². The van der Waals surface area contributed by atoms with Crippen LogP contribution in [-0.4, -0.2) is 79.9 Å². The molecule has 0 saturated heterocycles. The number of para-hydroxylation sites is 1. The van der Waals surface area contributed by atoms with Crippen molar-refractivity contribution in [1.82, 2.24) is 20.9 Å². The maximum absolute atomic E-state index is 13.4. The molecule has 4 aromatic rings. The fraction of sp³-hybridized carbons (Fsp3) is 0.250. The SMILES string of the molecule is NC(Cc1c[nH]c2ccccc12)C(=O)NC(CO)C(=O)NC(Cc1ccc(O)cc1)C(=O)NC(Cc1ccc(O)cc1)C(=O)O. The fourth-order valence-electron chi connectivity index (χ4n) is 4.79. The fourth-order valence-corrected chi connectivity index (χ4v) is 4.79. The van der Waals surface area contributed by atoms with Crippen LogP contribution in [0.5, 0.6) is 11.5 Å². The normalized spacial score (nSPS) is 13.7. The summed E-state index contributed by atoms with van der Waals surface area (Å²) < 4.78 is 0. The lowest BCUT2D eigenvalue weighted by molar-refractivity contribution is -0.142. The van der Waals surface area contributed by atoms with E-state index < -0.39 is 54.5 Å². The van der Waals surface area contributed by atoms with Crippen LogP contribution in [0.25, 0.3) is 10.9 Å². The highest BCUT2D eigenvalue weighted by atomic mass is 16.4. The van der Waals surface area contributed by atoms with Gasteiger partial charge >= 0.3 is 5.97 Å². The van der Waals surface area contributed by atoms with Crippen molar-refractivity contribution in [2.45, 2.75) is 43.4 Å². The molecule has 3 amide bonds. The number of aliphatic carboxylic acids is 1. The van der Waals surface area contributed by atoms with E-state index in [4.69, 9.17) is 5.73 Å². The first-order valence-corrected chi connectivity index (χ1v) is 14.1. The van der Waals surface area contributed by atoms with E-state index in [9.17, 15) is 39.6 Å². The number of fused-ring (bicyclic) bond motifs is 1. The van der Waals surface area contributed by atoms with Crippen molar-refractivity contribution in [3.8, 4) is 11.5 Å². The minimum Gasteiger partial charge on any atom is -0.508 e. The van der Waals surface area contributed by atoms with Crippen molar-refractivity contribution in [1.29, 1.82) is 0 Å². The van der Waals surface area contributed by atoms with Gasteiger partial charge in [0.25, 0.3) is 0 Å². The third-order valence-electron chi connectivity index (χ3n) is 7.27. The first kappa shape index (κ1) is 32.5.